The molecule has 2 aromatic heterocycles. The SMILES string of the molecule is CCOC(=O)Cc1c(C(=O)c2ccc(Br)cc2)sc(S)c1-[n+]1ccc(C)cc1. The molecule has 0 amide bonds. The highest BCUT2D eigenvalue weighted by molar-refractivity contribution is 9.10. The Balaban J connectivity index is 2.12. The summed E-state index contributed by atoms with van der Waals surface area (Å²) in [7, 11) is 0. The van der Waals surface area contributed by atoms with Crippen LogP contribution in [0.5, 0.6) is 0 Å². The second-order valence-corrected chi connectivity index (χ2v) is 8.85. The van der Waals surface area contributed by atoms with Gasteiger partial charge in [-0.1, -0.05) is 15.9 Å². The first-order chi connectivity index (χ1) is 13.4. The van der Waals surface area contributed by atoms with Gasteiger partial charge in [0.15, 0.2) is 12.4 Å². The molecule has 3 aromatic rings. The van der Waals surface area contributed by atoms with Crippen LogP contribution in [0.1, 0.15) is 33.3 Å². The van der Waals surface area contributed by atoms with Gasteiger partial charge in [-0.2, -0.15) is 4.57 Å². The van der Waals surface area contributed by atoms with Gasteiger partial charge in [0.25, 0.3) is 0 Å². The molecule has 0 saturated heterocycles. The van der Waals surface area contributed by atoms with Gasteiger partial charge in [-0.3, -0.25) is 9.59 Å². The summed E-state index contributed by atoms with van der Waals surface area (Å²) in [6.07, 6.45) is 3.82. The standard InChI is InChI=1S/C21H18BrNO3S2/c1-3-26-17(24)12-16-18(23-10-8-13(2)9-11-23)21(27)28-20(16)19(25)14-4-6-15(22)7-5-14/h4-11H,3,12H2,1-2H3/p+1. The third-order valence-electron chi connectivity index (χ3n) is 4.15. The lowest BCUT2D eigenvalue weighted by Gasteiger charge is -2.05. The summed E-state index contributed by atoms with van der Waals surface area (Å²) < 4.78 is 8.59. The van der Waals surface area contributed by atoms with Crippen LogP contribution in [-0.4, -0.2) is 18.4 Å². The van der Waals surface area contributed by atoms with Crippen molar-refractivity contribution in [2.45, 2.75) is 24.5 Å². The smallest absolute Gasteiger partial charge is 0.310 e. The molecule has 0 radical (unpaired) electrons. The van der Waals surface area contributed by atoms with E-state index in [-0.39, 0.29) is 18.2 Å². The summed E-state index contributed by atoms with van der Waals surface area (Å²) in [5.74, 6) is -0.501. The summed E-state index contributed by atoms with van der Waals surface area (Å²) in [4.78, 5) is 25.9. The van der Waals surface area contributed by atoms with E-state index in [1.807, 2.05) is 48.1 Å². The first-order valence-electron chi connectivity index (χ1n) is 8.69. The molecule has 3 rings (SSSR count). The molecular formula is C21H19BrNO3S2+. The van der Waals surface area contributed by atoms with Gasteiger partial charge in [0.05, 0.1) is 23.5 Å². The Bertz CT molecular complexity index is 1010. The molecule has 28 heavy (non-hydrogen) atoms. The minimum Gasteiger partial charge on any atom is -0.466 e. The summed E-state index contributed by atoms with van der Waals surface area (Å²) in [5, 5.41) is 0. The fourth-order valence-corrected chi connectivity index (χ4v) is 4.61. The highest BCUT2D eigenvalue weighted by Gasteiger charge is 2.30. The molecule has 0 aliphatic heterocycles. The molecule has 0 atom stereocenters. The van der Waals surface area contributed by atoms with Crippen LogP contribution in [0.3, 0.4) is 0 Å². The first-order valence-corrected chi connectivity index (χ1v) is 10.7. The van der Waals surface area contributed by atoms with Crippen molar-refractivity contribution in [1.29, 1.82) is 0 Å². The van der Waals surface area contributed by atoms with E-state index in [9.17, 15) is 9.59 Å². The number of nitrogens with zero attached hydrogens (tertiary/aromatic N) is 1. The Labute approximate surface area is 181 Å². The third-order valence-corrected chi connectivity index (χ3v) is 6.19. The number of carbonyl (C=O) groups is 2. The molecule has 0 aliphatic carbocycles. The maximum atomic E-state index is 13.2. The number of carbonyl (C=O) groups excluding carboxylic acids is 2. The van der Waals surface area contributed by atoms with Crippen molar-refractivity contribution in [2.24, 2.45) is 0 Å². The van der Waals surface area contributed by atoms with Gasteiger partial charge in [-0.15, -0.1) is 24.0 Å². The molecule has 0 aliphatic rings. The topological polar surface area (TPSA) is 47.3 Å². The molecule has 0 spiro atoms. The number of thiol groups is 1. The van der Waals surface area contributed by atoms with Crippen LogP contribution in [0.2, 0.25) is 0 Å². The second kappa shape index (κ2) is 9.03. The number of hydrogen-bond donors (Lipinski definition) is 1. The van der Waals surface area contributed by atoms with E-state index in [0.29, 0.717) is 26.8 Å². The Kier molecular flexibility index (Phi) is 6.69. The molecule has 7 heteroatoms. The Hall–Kier alpha value is -1.96. The van der Waals surface area contributed by atoms with Gasteiger partial charge in [-0.25, -0.2) is 0 Å². The van der Waals surface area contributed by atoms with Gasteiger partial charge in [-0.05, 0) is 43.7 Å². The molecule has 1 aromatic carbocycles. The fourth-order valence-electron chi connectivity index (χ4n) is 2.80. The fraction of sp³-hybridized carbons (Fsp3) is 0.190. The number of benzene rings is 1. The molecule has 0 unspecified atom stereocenters. The normalized spacial score (nSPS) is 10.7. The van der Waals surface area contributed by atoms with Crippen molar-refractivity contribution >= 4 is 51.6 Å². The van der Waals surface area contributed by atoms with E-state index in [4.69, 9.17) is 4.74 Å². The van der Waals surface area contributed by atoms with E-state index in [2.05, 4.69) is 28.6 Å². The summed E-state index contributed by atoms with van der Waals surface area (Å²) in [5.41, 5.74) is 3.05. The molecule has 0 N–H and O–H groups in total. The third kappa shape index (κ3) is 4.54. The molecule has 4 nitrogen and oxygen atoms in total. The molecule has 144 valence electrons. The van der Waals surface area contributed by atoms with E-state index >= 15 is 0 Å². The number of aryl methyl sites for hydroxylation is 1. The van der Waals surface area contributed by atoms with Gasteiger partial charge in [0.2, 0.25) is 11.5 Å². The number of aromatic nitrogens is 1. The predicted molar refractivity (Wildman–Crippen MR) is 116 cm³/mol. The van der Waals surface area contributed by atoms with Crippen molar-refractivity contribution < 1.29 is 18.9 Å². The molecule has 2 heterocycles. The van der Waals surface area contributed by atoms with Crippen LogP contribution in [-0.2, 0) is 16.0 Å². The zero-order valence-corrected chi connectivity index (χ0v) is 18.7. The highest BCUT2D eigenvalue weighted by atomic mass is 79.9. The molecule has 0 saturated carbocycles. The van der Waals surface area contributed by atoms with Crippen LogP contribution >= 0.6 is 39.9 Å². The van der Waals surface area contributed by atoms with Crippen LogP contribution in [0.25, 0.3) is 5.69 Å². The van der Waals surface area contributed by atoms with Crippen LogP contribution in [0, 0.1) is 6.92 Å². The molecular weight excluding hydrogens is 458 g/mol. The van der Waals surface area contributed by atoms with Crippen LogP contribution in [0.4, 0.5) is 0 Å². The van der Waals surface area contributed by atoms with Crippen LogP contribution in [0.15, 0.2) is 57.5 Å². The average Bonchev–Trinajstić information content (AvgIpc) is 2.98. The lowest BCUT2D eigenvalue weighted by Crippen LogP contribution is -2.31. The van der Waals surface area contributed by atoms with Gasteiger partial charge in [0, 0.05) is 22.2 Å². The zero-order chi connectivity index (χ0) is 20.3. The number of thiophene rings is 1. The van der Waals surface area contributed by atoms with Crippen molar-refractivity contribution in [3.8, 4) is 5.69 Å². The second-order valence-electron chi connectivity index (χ2n) is 6.16. The Morgan fingerprint density at radius 2 is 1.79 bits per heavy atom. The largest absolute Gasteiger partial charge is 0.466 e. The summed E-state index contributed by atoms with van der Waals surface area (Å²) >= 11 is 9.27. The number of rotatable bonds is 6. The number of pyridine rings is 1. The van der Waals surface area contributed by atoms with Crippen molar-refractivity contribution in [3.05, 3.63) is 74.8 Å². The lowest BCUT2D eigenvalue weighted by molar-refractivity contribution is -0.598. The zero-order valence-electron chi connectivity index (χ0n) is 15.4. The van der Waals surface area contributed by atoms with E-state index < -0.39 is 0 Å². The molecule has 0 bridgehead atoms. The number of ether oxygens (including phenoxy) is 1. The van der Waals surface area contributed by atoms with E-state index in [0.717, 1.165) is 15.7 Å². The molecule has 0 fully saturated rings. The minimum absolute atomic E-state index is 0.0126. The number of halogens is 1. The number of esters is 1. The van der Waals surface area contributed by atoms with Crippen molar-refractivity contribution in [2.75, 3.05) is 6.61 Å². The predicted octanol–water partition coefficient (Wildman–Crippen LogP) is 4.72. The quantitative estimate of drug-likeness (QED) is 0.242. The van der Waals surface area contributed by atoms with Crippen molar-refractivity contribution in [1.82, 2.24) is 0 Å². The highest BCUT2D eigenvalue weighted by Crippen LogP contribution is 2.34. The minimum atomic E-state index is -0.368. The average molecular weight is 477 g/mol. The number of ketones is 1. The lowest BCUT2D eigenvalue weighted by atomic mass is 10.0. The first kappa shape index (κ1) is 20.8. The summed E-state index contributed by atoms with van der Waals surface area (Å²) in [6.45, 7) is 4.06. The van der Waals surface area contributed by atoms with Crippen molar-refractivity contribution in [3.63, 3.8) is 0 Å². The maximum absolute atomic E-state index is 13.2. The van der Waals surface area contributed by atoms with E-state index in [1.54, 1.807) is 19.1 Å². The maximum Gasteiger partial charge on any atom is 0.310 e. The summed E-state index contributed by atoms with van der Waals surface area (Å²) in [6, 6.07) is 11.1. The van der Waals surface area contributed by atoms with E-state index in [1.165, 1.54) is 11.3 Å². The Morgan fingerprint density at radius 1 is 1.14 bits per heavy atom. The monoisotopic (exact) mass is 476 g/mol. The van der Waals surface area contributed by atoms with Gasteiger partial charge in [0.1, 0.15) is 4.21 Å². The number of hydrogen-bond acceptors (Lipinski definition) is 5. The van der Waals surface area contributed by atoms with Crippen LogP contribution < -0.4 is 4.57 Å². The van der Waals surface area contributed by atoms with Gasteiger partial charge < -0.3 is 4.74 Å². The van der Waals surface area contributed by atoms with Gasteiger partial charge >= 0.3 is 5.97 Å². The Morgan fingerprint density at radius 3 is 2.39 bits per heavy atom.